The minimum Gasteiger partial charge on any atom is -0.481 e. The van der Waals surface area contributed by atoms with Crippen LogP contribution in [0, 0.1) is 0 Å². The Morgan fingerprint density at radius 2 is 1.79 bits per heavy atom. The number of amides is 3. The van der Waals surface area contributed by atoms with Crippen molar-refractivity contribution in [2.75, 3.05) is 24.6 Å². The minimum absolute atomic E-state index is 0.0315. The van der Waals surface area contributed by atoms with E-state index in [1.54, 1.807) is 0 Å². The van der Waals surface area contributed by atoms with Gasteiger partial charge < -0.3 is 10.0 Å². The van der Waals surface area contributed by atoms with Crippen molar-refractivity contribution in [2.24, 2.45) is 0 Å². The fourth-order valence-corrected chi connectivity index (χ4v) is 2.89. The first-order chi connectivity index (χ1) is 8.80. The van der Waals surface area contributed by atoms with E-state index in [2.05, 4.69) is 5.32 Å². The van der Waals surface area contributed by atoms with E-state index in [0.717, 1.165) is 0 Å². The number of nitrogens with one attached hydrogen (secondary N) is 1. The number of carboxylic acids is 1. The maximum Gasteiger partial charge on any atom is 0.324 e. The van der Waals surface area contributed by atoms with Gasteiger partial charge in [-0.3, -0.25) is 14.9 Å². The predicted octanol–water partition coefficient (Wildman–Crippen LogP) is -0.792. The van der Waals surface area contributed by atoms with Gasteiger partial charge in [0.25, 0.3) is 0 Å². The molecule has 1 heterocycles. The standard InChI is InChI=1S/C10H16N2O6S/c13-8(2-3-9(14)15)11-10(16)12-4-1-6-19(17,18)7-5-12/h1-7H2,(H,14,15)(H,11,13,16). The number of urea groups is 1. The largest absolute Gasteiger partial charge is 0.481 e. The van der Waals surface area contributed by atoms with Crippen LogP contribution in [-0.2, 0) is 19.4 Å². The molecule has 108 valence electrons. The second kappa shape index (κ2) is 6.50. The monoisotopic (exact) mass is 292 g/mol. The summed E-state index contributed by atoms with van der Waals surface area (Å²) in [5.74, 6) is -1.89. The van der Waals surface area contributed by atoms with Crippen LogP contribution >= 0.6 is 0 Å². The Labute approximate surface area is 110 Å². The van der Waals surface area contributed by atoms with E-state index in [9.17, 15) is 22.8 Å². The SMILES string of the molecule is O=C(O)CCC(=O)NC(=O)N1CCCS(=O)(=O)CC1. The van der Waals surface area contributed by atoms with Crippen LogP contribution in [0.1, 0.15) is 19.3 Å². The lowest BCUT2D eigenvalue weighted by molar-refractivity contribution is -0.138. The summed E-state index contributed by atoms with van der Waals surface area (Å²) in [6.07, 6.45) is -0.306. The lowest BCUT2D eigenvalue weighted by Crippen LogP contribution is -2.44. The first-order valence-corrected chi connectivity index (χ1v) is 7.63. The molecule has 19 heavy (non-hydrogen) atoms. The molecular weight excluding hydrogens is 276 g/mol. The van der Waals surface area contributed by atoms with Crippen LogP contribution in [0.3, 0.4) is 0 Å². The van der Waals surface area contributed by atoms with Gasteiger partial charge in [-0.2, -0.15) is 0 Å². The summed E-state index contributed by atoms with van der Waals surface area (Å²) in [5, 5.41) is 10.4. The van der Waals surface area contributed by atoms with E-state index in [-0.39, 0.29) is 37.4 Å². The number of imide groups is 1. The second-order valence-corrected chi connectivity index (χ2v) is 6.54. The van der Waals surface area contributed by atoms with Crippen LogP contribution in [-0.4, -0.2) is 60.9 Å². The van der Waals surface area contributed by atoms with Gasteiger partial charge in [0.05, 0.1) is 17.9 Å². The van der Waals surface area contributed by atoms with Crippen molar-refractivity contribution < 1.29 is 27.9 Å². The van der Waals surface area contributed by atoms with Crippen molar-refractivity contribution in [2.45, 2.75) is 19.3 Å². The molecule has 0 bridgehead atoms. The summed E-state index contributed by atoms with van der Waals surface area (Å²) < 4.78 is 22.7. The molecule has 0 saturated carbocycles. The van der Waals surface area contributed by atoms with E-state index >= 15 is 0 Å². The van der Waals surface area contributed by atoms with Gasteiger partial charge >= 0.3 is 12.0 Å². The molecule has 2 N–H and O–H groups in total. The summed E-state index contributed by atoms with van der Waals surface area (Å²) in [5.41, 5.74) is 0. The molecule has 0 aromatic rings. The molecule has 0 atom stereocenters. The molecule has 1 fully saturated rings. The fraction of sp³-hybridized carbons (Fsp3) is 0.700. The Morgan fingerprint density at radius 3 is 2.42 bits per heavy atom. The van der Waals surface area contributed by atoms with Gasteiger partial charge in [0.1, 0.15) is 0 Å². The average molecular weight is 292 g/mol. The predicted molar refractivity (Wildman–Crippen MR) is 65.3 cm³/mol. The number of sulfone groups is 1. The lowest BCUT2D eigenvalue weighted by Gasteiger charge is -2.19. The lowest BCUT2D eigenvalue weighted by atomic mass is 10.3. The molecule has 8 nitrogen and oxygen atoms in total. The number of carbonyl (C=O) groups excluding carboxylic acids is 2. The Balaban J connectivity index is 2.45. The fourth-order valence-electron chi connectivity index (χ4n) is 1.62. The van der Waals surface area contributed by atoms with Crippen LogP contribution in [0.5, 0.6) is 0 Å². The molecule has 1 saturated heterocycles. The number of nitrogens with zero attached hydrogens (tertiary/aromatic N) is 1. The van der Waals surface area contributed by atoms with Gasteiger partial charge in [0, 0.05) is 19.5 Å². The highest BCUT2D eigenvalue weighted by molar-refractivity contribution is 7.91. The summed E-state index contributed by atoms with van der Waals surface area (Å²) in [7, 11) is -3.12. The summed E-state index contributed by atoms with van der Waals surface area (Å²) >= 11 is 0. The van der Waals surface area contributed by atoms with E-state index in [0.29, 0.717) is 6.42 Å². The molecule has 3 amide bonds. The van der Waals surface area contributed by atoms with Gasteiger partial charge in [-0.1, -0.05) is 0 Å². The number of carboxylic acid groups (broad SMARTS) is 1. The highest BCUT2D eigenvalue weighted by Crippen LogP contribution is 2.05. The van der Waals surface area contributed by atoms with Gasteiger partial charge in [-0.25, -0.2) is 13.2 Å². The molecule has 0 unspecified atom stereocenters. The Bertz CT molecular complexity index is 472. The smallest absolute Gasteiger partial charge is 0.324 e. The molecule has 1 aliphatic rings. The molecular formula is C10H16N2O6S. The first kappa shape index (κ1) is 15.4. The quantitative estimate of drug-likeness (QED) is 0.703. The third kappa shape index (κ3) is 5.69. The van der Waals surface area contributed by atoms with Gasteiger partial charge in [0.2, 0.25) is 5.91 Å². The zero-order valence-corrected chi connectivity index (χ0v) is 11.1. The van der Waals surface area contributed by atoms with Gasteiger partial charge in [0.15, 0.2) is 9.84 Å². The maximum atomic E-state index is 11.7. The number of hydrogen-bond donors (Lipinski definition) is 2. The number of hydrogen-bond acceptors (Lipinski definition) is 5. The first-order valence-electron chi connectivity index (χ1n) is 5.81. The van der Waals surface area contributed by atoms with Crippen LogP contribution in [0.2, 0.25) is 0 Å². The Kier molecular flexibility index (Phi) is 5.28. The van der Waals surface area contributed by atoms with Gasteiger partial charge in [-0.15, -0.1) is 0 Å². The summed E-state index contributed by atoms with van der Waals surface area (Å²) in [6.45, 7) is 0.303. The molecule has 0 aromatic carbocycles. The van der Waals surface area contributed by atoms with E-state index in [4.69, 9.17) is 5.11 Å². The third-order valence-corrected chi connectivity index (χ3v) is 4.37. The van der Waals surface area contributed by atoms with Crippen molar-refractivity contribution in [3.8, 4) is 0 Å². The summed E-state index contributed by atoms with van der Waals surface area (Å²) in [4.78, 5) is 34.5. The average Bonchev–Trinajstić information content (AvgIpc) is 2.47. The number of rotatable bonds is 3. The topological polar surface area (TPSA) is 121 Å². The van der Waals surface area contributed by atoms with Crippen molar-refractivity contribution >= 4 is 27.7 Å². The van der Waals surface area contributed by atoms with Crippen LogP contribution in [0.4, 0.5) is 4.79 Å². The normalized spacial score (nSPS) is 18.4. The van der Waals surface area contributed by atoms with E-state index in [1.165, 1.54) is 4.90 Å². The van der Waals surface area contributed by atoms with E-state index in [1.807, 2.05) is 0 Å². The highest BCUT2D eigenvalue weighted by atomic mass is 32.2. The number of aliphatic carboxylic acids is 1. The Morgan fingerprint density at radius 1 is 1.11 bits per heavy atom. The minimum atomic E-state index is -3.12. The summed E-state index contributed by atoms with van der Waals surface area (Å²) in [6, 6.07) is -0.674. The molecule has 1 rings (SSSR count). The zero-order chi connectivity index (χ0) is 14.5. The zero-order valence-electron chi connectivity index (χ0n) is 10.3. The highest BCUT2D eigenvalue weighted by Gasteiger charge is 2.23. The number of carbonyl (C=O) groups is 3. The molecule has 9 heteroatoms. The molecule has 0 aromatic heterocycles. The molecule has 0 spiro atoms. The molecule has 0 radical (unpaired) electrons. The van der Waals surface area contributed by atoms with Crippen LogP contribution in [0.15, 0.2) is 0 Å². The second-order valence-electron chi connectivity index (χ2n) is 4.24. The molecule has 0 aliphatic carbocycles. The molecule has 1 aliphatic heterocycles. The third-order valence-electron chi connectivity index (χ3n) is 2.66. The van der Waals surface area contributed by atoms with Crippen molar-refractivity contribution in [3.63, 3.8) is 0 Å². The van der Waals surface area contributed by atoms with Crippen LogP contribution in [0.25, 0.3) is 0 Å². The van der Waals surface area contributed by atoms with E-state index < -0.39 is 27.7 Å². The maximum absolute atomic E-state index is 11.7. The van der Waals surface area contributed by atoms with Gasteiger partial charge in [-0.05, 0) is 6.42 Å². The van der Waals surface area contributed by atoms with Crippen molar-refractivity contribution in [1.82, 2.24) is 10.2 Å². The van der Waals surface area contributed by atoms with Crippen molar-refractivity contribution in [1.29, 1.82) is 0 Å². The van der Waals surface area contributed by atoms with Crippen molar-refractivity contribution in [3.05, 3.63) is 0 Å². The Hall–Kier alpha value is -1.64. The van der Waals surface area contributed by atoms with Crippen LogP contribution < -0.4 is 5.32 Å².